The van der Waals surface area contributed by atoms with Crippen LogP contribution in [0.1, 0.15) is 24.0 Å². The third kappa shape index (κ3) is 3.79. The first kappa shape index (κ1) is 15.7. The highest BCUT2D eigenvalue weighted by molar-refractivity contribution is 5.44. The summed E-state index contributed by atoms with van der Waals surface area (Å²) in [6, 6.07) is 8.02. The number of aromatic nitrogens is 2. The van der Waals surface area contributed by atoms with Gasteiger partial charge in [-0.15, -0.1) is 0 Å². The molecule has 1 aliphatic rings. The average molecular weight is 313 g/mol. The van der Waals surface area contributed by atoms with Crippen LogP contribution < -0.4 is 9.64 Å². The number of rotatable bonds is 5. The van der Waals surface area contributed by atoms with E-state index in [-0.39, 0.29) is 0 Å². The van der Waals surface area contributed by atoms with Crippen molar-refractivity contribution in [2.75, 3.05) is 25.1 Å². The number of benzene rings is 1. The number of methoxy groups -OCH3 is 1. The van der Waals surface area contributed by atoms with Crippen molar-refractivity contribution in [2.45, 2.75) is 32.5 Å². The molecule has 0 amide bonds. The predicted octanol–water partition coefficient (Wildman–Crippen LogP) is 2.98. The fourth-order valence-corrected chi connectivity index (χ4v) is 2.99. The van der Waals surface area contributed by atoms with E-state index in [2.05, 4.69) is 27.9 Å². The molecule has 0 atom stereocenters. The molecular formula is C18H23N3O2. The number of hydrogen-bond acceptors (Lipinski definition) is 5. The maximum Gasteiger partial charge on any atom is 0.134 e. The molecule has 1 aromatic carbocycles. The van der Waals surface area contributed by atoms with Crippen molar-refractivity contribution in [1.82, 2.24) is 9.97 Å². The number of nitrogens with zero attached hydrogens (tertiary/aromatic N) is 3. The van der Waals surface area contributed by atoms with E-state index in [1.165, 1.54) is 0 Å². The van der Waals surface area contributed by atoms with Crippen molar-refractivity contribution in [2.24, 2.45) is 0 Å². The molecule has 2 aromatic rings. The quantitative estimate of drug-likeness (QED) is 0.849. The molecule has 1 aliphatic heterocycles. The molecule has 1 aromatic heterocycles. The molecule has 1 saturated heterocycles. The van der Waals surface area contributed by atoms with Gasteiger partial charge in [-0.05, 0) is 25.8 Å². The Kier molecular flexibility index (Phi) is 5.08. The van der Waals surface area contributed by atoms with E-state index < -0.39 is 0 Å². The number of aryl methyl sites for hydroxylation is 1. The molecule has 5 heteroatoms. The topological polar surface area (TPSA) is 47.5 Å². The highest BCUT2D eigenvalue weighted by atomic mass is 16.5. The second-order valence-electron chi connectivity index (χ2n) is 5.84. The van der Waals surface area contributed by atoms with Gasteiger partial charge in [0.25, 0.3) is 0 Å². The maximum absolute atomic E-state index is 6.09. The van der Waals surface area contributed by atoms with Crippen molar-refractivity contribution >= 4 is 5.82 Å². The normalized spacial score (nSPS) is 15.7. The Labute approximate surface area is 137 Å². The summed E-state index contributed by atoms with van der Waals surface area (Å²) in [4.78, 5) is 10.8. The number of hydrogen-bond donors (Lipinski definition) is 0. The molecule has 0 saturated carbocycles. The van der Waals surface area contributed by atoms with Crippen LogP contribution in [0.25, 0.3) is 0 Å². The van der Waals surface area contributed by atoms with Gasteiger partial charge in [0, 0.05) is 30.4 Å². The summed E-state index contributed by atoms with van der Waals surface area (Å²) >= 11 is 0. The molecule has 0 bridgehead atoms. The monoisotopic (exact) mass is 313 g/mol. The first-order chi connectivity index (χ1) is 11.3. The summed E-state index contributed by atoms with van der Waals surface area (Å²) in [5, 5.41) is 0. The van der Waals surface area contributed by atoms with Gasteiger partial charge in [-0.25, -0.2) is 9.97 Å². The van der Waals surface area contributed by atoms with E-state index in [4.69, 9.17) is 9.47 Å². The highest BCUT2D eigenvalue weighted by Crippen LogP contribution is 2.24. The van der Waals surface area contributed by atoms with Crippen LogP contribution in [0.5, 0.6) is 5.75 Å². The molecule has 0 spiro atoms. The van der Waals surface area contributed by atoms with Gasteiger partial charge < -0.3 is 14.4 Å². The lowest BCUT2D eigenvalue weighted by molar-refractivity contribution is 0.0241. The van der Waals surface area contributed by atoms with Crippen molar-refractivity contribution in [3.8, 4) is 5.75 Å². The van der Waals surface area contributed by atoms with Crippen LogP contribution in [0.4, 0.5) is 5.82 Å². The lowest BCUT2D eigenvalue weighted by Crippen LogP contribution is -2.37. The molecule has 0 radical (unpaired) electrons. The Morgan fingerprint density at radius 1 is 1.22 bits per heavy atom. The van der Waals surface area contributed by atoms with Crippen LogP contribution in [0.2, 0.25) is 0 Å². The van der Waals surface area contributed by atoms with Crippen molar-refractivity contribution < 1.29 is 9.47 Å². The predicted molar refractivity (Wildman–Crippen MR) is 89.8 cm³/mol. The summed E-state index contributed by atoms with van der Waals surface area (Å²) < 4.78 is 11.5. The average Bonchev–Trinajstić information content (AvgIpc) is 2.61. The summed E-state index contributed by atoms with van der Waals surface area (Å²) in [6.45, 7) is 4.59. The molecule has 3 rings (SSSR count). The largest absolute Gasteiger partial charge is 0.496 e. The standard InChI is InChI=1S/C18H23N3O2/c1-14-11-19-13-20-18(14)21-9-7-16(8-10-21)23-12-15-5-3-4-6-17(15)22-2/h3-6,11,13,16H,7-10,12H2,1-2H3. The SMILES string of the molecule is COc1ccccc1COC1CCN(c2ncncc2C)CC1. The summed E-state index contributed by atoms with van der Waals surface area (Å²) in [6.07, 6.45) is 5.80. The van der Waals surface area contributed by atoms with Gasteiger partial charge in [-0.1, -0.05) is 18.2 Å². The fraction of sp³-hybridized carbons (Fsp3) is 0.444. The lowest BCUT2D eigenvalue weighted by atomic mass is 10.1. The van der Waals surface area contributed by atoms with Crippen LogP contribution in [-0.4, -0.2) is 36.3 Å². The second kappa shape index (κ2) is 7.42. The van der Waals surface area contributed by atoms with Gasteiger partial charge in [0.05, 0.1) is 19.8 Å². The molecule has 0 N–H and O–H groups in total. The van der Waals surface area contributed by atoms with E-state index in [0.29, 0.717) is 12.7 Å². The Hall–Kier alpha value is -2.14. The third-order valence-electron chi connectivity index (χ3n) is 4.28. The van der Waals surface area contributed by atoms with Crippen LogP contribution in [-0.2, 0) is 11.3 Å². The maximum atomic E-state index is 6.09. The molecule has 0 aliphatic carbocycles. The first-order valence-corrected chi connectivity index (χ1v) is 8.03. The summed E-state index contributed by atoms with van der Waals surface area (Å²) in [7, 11) is 1.70. The van der Waals surface area contributed by atoms with E-state index in [1.54, 1.807) is 13.4 Å². The third-order valence-corrected chi connectivity index (χ3v) is 4.28. The van der Waals surface area contributed by atoms with Crippen molar-refractivity contribution in [1.29, 1.82) is 0 Å². The fourth-order valence-electron chi connectivity index (χ4n) is 2.99. The number of para-hydroxylation sites is 1. The zero-order chi connectivity index (χ0) is 16.1. The van der Waals surface area contributed by atoms with Gasteiger partial charge in [-0.2, -0.15) is 0 Å². The molecule has 1 fully saturated rings. The molecule has 23 heavy (non-hydrogen) atoms. The molecule has 5 nitrogen and oxygen atoms in total. The zero-order valence-corrected chi connectivity index (χ0v) is 13.7. The molecule has 122 valence electrons. The van der Waals surface area contributed by atoms with Gasteiger partial charge in [0.15, 0.2) is 0 Å². The summed E-state index contributed by atoms with van der Waals surface area (Å²) in [5.74, 6) is 1.93. The number of ether oxygens (including phenoxy) is 2. The minimum Gasteiger partial charge on any atom is -0.496 e. The minimum atomic E-state index is 0.290. The van der Waals surface area contributed by atoms with Crippen molar-refractivity contribution in [3.05, 3.63) is 47.9 Å². The first-order valence-electron chi connectivity index (χ1n) is 8.03. The van der Waals surface area contributed by atoms with Crippen LogP contribution in [0, 0.1) is 6.92 Å². The van der Waals surface area contributed by atoms with Gasteiger partial charge in [0.1, 0.15) is 17.9 Å². The molecule has 0 unspecified atom stereocenters. The van der Waals surface area contributed by atoms with Gasteiger partial charge in [-0.3, -0.25) is 0 Å². The second-order valence-corrected chi connectivity index (χ2v) is 5.84. The zero-order valence-electron chi connectivity index (χ0n) is 13.7. The Morgan fingerprint density at radius 2 is 2.00 bits per heavy atom. The Bertz CT molecular complexity index is 640. The van der Waals surface area contributed by atoms with Crippen molar-refractivity contribution in [3.63, 3.8) is 0 Å². The smallest absolute Gasteiger partial charge is 0.134 e. The van der Waals surface area contributed by atoms with E-state index in [0.717, 1.165) is 48.6 Å². The molecular weight excluding hydrogens is 290 g/mol. The van der Waals surface area contributed by atoms with Gasteiger partial charge >= 0.3 is 0 Å². The molecule has 2 heterocycles. The van der Waals surface area contributed by atoms with E-state index >= 15 is 0 Å². The van der Waals surface area contributed by atoms with Crippen LogP contribution >= 0.6 is 0 Å². The number of anilines is 1. The van der Waals surface area contributed by atoms with E-state index in [9.17, 15) is 0 Å². The van der Waals surface area contributed by atoms with Crippen LogP contribution in [0.15, 0.2) is 36.8 Å². The van der Waals surface area contributed by atoms with Gasteiger partial charge in [0.2, 0.25) is 0 Å². The summed E-state index contributed by atoms with van der Waals surface area (Å²) in [5.41, 5.74) is 2.23. The van der Waals surface area contributed by atoms with Crippen LogP contribution in [0.3, 0.4) is 0 Å². The Balaban J connectivity index is 1.53. The number of piperidine rings is 1. The lowest BCUT2D eigenvalue weighted by Gasteiger charge is -2.33. The van der Waals surface area contributed by atoms with E-state index in [1.807, 2.05) is 24.4 Å². The highest BCUT2D eigenvalue weighted by Gasteiger charge is 2.22. The Morgan fingerprint density at radius 3 is 2.74 bits per heavy atom. The minimum absolute atomic E-state index is 0.290.